The molecule has 88 valence electrons. The summed E-state index contributed by atoms with van der Waals surface area (Å²) in [7, 11) is 2.18. The van der Waals surface area contributed by atoms with E-state index in [1.165, 1.54) is 31.4 Å². The lowest BCUT2D eigenvalue weighted by atomic mass is 9.85. The Morgan fingerprint density at radius 3 is 2.56 bits per heavy atom. The fourth-order valence-corrected chi connectivity index (χ4v) is 2.33. The summed E-state index contributed by atoms with van der Waals surface area (Å²) in [6.07, 6.45) is 4.24. The molecule has 1 fully saturated rings. The van der Waals surface area contributed by atoms with Crippen molar-refractivity contribution in [1.82, 2.24) is 4.90 Å². The number of rotatable bonds is 5. The van der Waals surface area contributed by atoms with Crippen LogP contribution in [-0.4, -0.2) is 25.0 Å². The lowest BCUT2D eigenvalue weighted by Crippen LogP contribution is -2.34. The van der Waals surface area contributed by atoms with Crippen molar-refractivity contribution < 1.29 is 0 Å². The van der Waals surface area contributed by atoms with Crippen LogP contribution in [0.1, 0.15) is 30.9 Å². The van der Waals surface area contributed by atoms with E-state index in [0.29, 0.717) is 0 Å². The van der Waals surface area contributed by atoms with Gasteiger partial charge >= 0.3 is 0 Å². The molecule has 0 radical (unpaired) electrons. The van der Waals surface area contributed by atoms with Gasteiger partial charge in [-0.2, -0.15) is 0 Å². The molecule has 0 aromatic heterocycles. The average molecular weight is 218 g/mol. The summed E-state index contributed by atoms with van der Waals surface area (Å²) >= 11 is 0. The van der Waals surface area contributed by atoms with Crippen molar-refractivity contribution in [1.29, 1.82) is 0 Å². The first kappa shape index (κ1) is 11.6. The van der Waals surface area contributed by atoms with E-state index in [1.54, 1.807) is 0 Å². The number of likely N-dealkylation sites (N-methyl/N-ethyl adjacent to an activating group) is 1. The highest BCUT2D eigenvalue weighted by Gasteiger charge is 2.19. The zero-order valence-electron chi connectivity index (χ0n) is 10.1. The smallest absolute Gasteiger partial charge is 0.0424 e. The summed E-state index contributed by atoms with van der Waals surface area (Å²) in [5.41, 5.74) is 7.43. The maximum atomic E-state index is 6.19. The van der Waals surface area contributed by atoms with E-state index in [1.807, 2.05) is 6.07 Å². The van der Waals surface area contributed by atoms with Crippen LogP contribution in [0, 0.1) is 5.92 Å². The normalized spacial score (nSPS) is 18.4. The molecule has 1 aliphatic rings. The summed E-state index contributed by atoms with van der Waals surface area (Å²) in [6, 6.07) is 10.5. The average Bonchev–Trinajstić information content (AvgIpc) is 2.25. The molecule has 0 bridgehead atoms. The van der Waals surface area contributed by atoms with Crippen LogP contribution in [-0.2, 0) is 0 Å². The molecule has 16 heavy (non-hydrogen) atoms. The Labute approximate surface area is 98.4 Å². The predicted molar refractivity (Wildman–Crippen MR) is 68.2 cm³/mol. The molecule has 1 atom stereocenters. The second-order valence-electron chi connectivity index (χ2n) is 5.04. The van der Waals surface area contributed by atoms with E-state index in [-0.39, 0.29) is 6.04 Å². The van der Waals surface area contributed by atoms with E-state index < -0.39 is 0 Å². The quantitative estimate of drug-likeness (QED) is 0.822. The molecule has 1 unspecified atom stereocenters. The van der Waals surface area contributed by atoms with Gasteiger partial charge in [-0.05, 0) is 31.4 Å². The molecule has 2 heteroatoms. The molecule has 0 saturated heterocycles. The topological polar surface area (TPSA) is 29.3 Å². The van der Waals surface area contributed by atoms with Gasteiger partial charge in [0.2, 0.25) is 0 Å². The van der Waals surface area contributed by atoms with E-state index in [2.05, 4.69) is 36.2 Å². The molecule has 0 heterocycles. The van der Waals surface area contributed by atoms with Gasteiger partial charge in [0.25, 0.3) is 0 Å². The van der Waals surface area contributed by atoms with Gasteiger partial charge in [0, 0.05) is 19.1 Å². The molecule has 1 aromatic rings. The van der Waals surface area contributed by atoms with E-state index in [9.17, 15) is 0 Å². The van der Waals surface area contributed by atoms with Crippen LogP contribution in [0.15, 0.2) is 30.3 Å². The number of benzene rings is 1. The van der Waals surface area contributed by atoms with Gasteiger partial charge in [0.1, 0.15) is 0 Å². The first-order valence-electron chi connectivity index (χ1n) is 6.25. The molecule has 2 rings (SSSR count). The summed E-state index contributed by atoms with van der Waals surface area (Å²) in [5, 5.41) is 0. The largest absolute Gasteiger partial charge is 0.323 e. The number of hydrogen-bond donors (Lipinski definition) is 1. The number of nitrogens with zero attached hydrogens (tertiary/aromatic N) is 1. The molecule has 2 nitrogen and oxygen atoms in total. The molecule has 2 N–H and O–H groups in total. The standard InChI is InChI=1S/C14H22N2/c1-16(10-12-6-5-7-12)11-14(15)13-8-3-2-4-9-13/h2-4,8-9,12,14H,5-7,10-11,15H2,1H3. The number of hydrogen-bond acceptors (Lipinski definition) is 2. The van der Waals surface area contributed by atoms with Crippen LogP contribution in [0.25, 0.3) is 0 Å². The third kappa shape index (κ3) is 3.06. The third-order valence-corrected chi connectivity index (χ3v) is 3.53. The minimum absolute atomic E-state index is 0.145. The van der Waals surface area contributed by atoms with Crippen molar-refractivity contribution in [3.8, 4) is 0 Å². The zero-order chi connectivity index (χ0) is 11.4. The van der Waals surface area contributed by atoms with Crippen molar-refractivity contribution >= 4 is 0 Å². The highest BCUT2D eigenvalue weighted by atomic mass is 15.1. The number of nitrogens with two attached hydrogens (primary N) is 1. The summed E-state index contributed by atoms with van der Waals surface area (Å²) < 4.78 is 0. The highest BCUT2D eigenvalue weighted by Crippen LogP contribution is 2.27. The third-order valence-electron chi connectivity index (χ3n) is 3.53. The van der Waals surface area contributed by atoms with Crippen molar-refractivity contribution in [3.63, 3.8) is 0 Å². The van der Waals surface area contributed by atoms with Gasteiger partial charge in [-0.3, -0.25) is 0 Å². The SMILES string of the molecule is CN(CC1CCC1)CC(N)c1ccccc1. The second-order valence-corrected chi connectivity index (χ2v) is 5.04. The van der Waals surface area contributed by atoms with Crippen LogP contribution in [0.3, 0.4) is 0 Å². The molecular formula is C14H22N2. The maximum Gasteiger partial charge on any atom is 0.0424 e. The van der Waals surface area contributed by atoms with Gasteiger partial charge in [-0.1, -0.05) is 36.8 Å². The summed E-state index contributed by atoms with van der Waals surface area (Å²) in [6.45, 7) is 2.17. The van der Waals surface area contributed by atoms with Crippen LogP contribution in [0.4, 0.5) is 0 Å². The molecular weight excluding hydrogens is 196 g/mol. The van der Waals surface area contributed by atoms with Gasteiger partial charge in [0.05, 0.1) is 0 Å². The van der Waals surface area contributed by atoms with E-state index in [4.69, 9.17) is 5.73 Å². The molecule has 0 amide bonds. The maximum absolute atomic E-state index is 6.19. The first-order valence-corrected chi connectivity index (χ1v) is 6.25. The van der Waals surface area contributed by atoms with Crippen molar-refractivity contribution in [2.45, 2.75) is 25.3 Å². The van der Waals surface area contributed by atoms with E-state index in [0.717, 1.165) is 12.5 Å². The fourth-order valence-electron chi connectivity index (χ4n) is 2.33. The lowest BCUT2D eigenvalue weighted by Gasteiger charge is -2.31. The van der Waals surface area contributed by atoms with Gasteiger partial charge in [-0.15, -0.1) is 0 Å². The van der Waals surface area contributed by atoms with Gasteiger partial charge in [0.15, 0.2) is 0 Å². The van der Waals surface area contributed by atoms with Crippen molar-refractivity contribution in [3.05, 3.63) is 35.9 Å². The molecule has 1 saturated carbocycles. The minimum Gasteiger partial charge on any atom is -0.323 e. The van der Waals surface area contributed by atoms with E-state index >= 15 is 0 Å². The molecule has 0 aliphatic heterocycles. The van der Waals surface area contributed by atoms with Crippen LogP contribution in [0.2, 0.25) is 0 Å². The molecule has 0 spiro atoms. The van der Waals surface area contributed by atoms with Crippen LogP contribution < -0.4 is 5.73 Å². The lowest BCUT2D eigenvalue weighted by molar-refractivity contribution is 0.198. The summed E-state index contributed by atoms with van der Waals surface area (Å²) in [5.74, 6) is 0.924. The highest BCUT2D eigenvalue weighted by molar-refractivity contribution is 5.18. The van der Waals surface area contributed by atoms with Crippen molar-refractivity contribution in [2.75, 3.05) is 20.1 Å². The Kier molecular flexibility index (Phi) is 3.97. The van der Waals surface area contributed by atoms with Crippen LogP contribution in [0.5, 0.6) is 0 Å². The summed E-state index contributed by atoms with van der Waals surface area (Å²) in [4.78, 5) is 2.38. The monoisotopic (exact) mass is 218 g/mol. The fraction of sp³-hybridized carbons (Fsp3) is 0.571. The first-order chi connectivity index (χ1) is 7.75. The van der Waals surface area contributed by atoms with Crippen molar-refractivity contribution in [2.24, 2.45) is 11.7 Å². The van der Waals surface area contributed by atoms with Crippen LogP contribution >= 0.6 is 0 Å². The Balaban J connectivity index is 1.79. The van der Waals surface area contributed by atoms with Gasteiger partial charge in [-0.25, -0.2) is 0 Å². The Hall–Kier alpha value is -0.860. The Bertz CT molecular complexity index is 306. The molecule has 1 aromatic carbocycles. The minimum atomic E-state index is 0.145. The zero-order valence-corrected chi connectivity index (χ0v) is 10.1. The Morgan fingerprint density at radius 2 is 2.00 bits per heavy atom. The second kappa shape index (κ2) is 5.46. The predicted octanol–water partition coefficient (Wildman–Crippen LogP) is 2.42. The Morgan fingerprint density at radius 1 is 1.31 bits per heavy atom. The molecule has 1 aliphatic carbocycles. The van der Waals surface area contributed by atoms with Gasteiger partial charge < -0.3 is 10.6 Å².